The summed E-state index contributed by atoms with van der Waals surface area (Å²) in [5.74, 6) is -0.928. The van der Waals surface area contributed by atoms with Gasteiger partial charge in [-0.1, -0.05) is 0 Å². The van der Waals surface area contributed by atoms with Crippen LogP contribution in [0.2, 0.25) is 0 Å². The van der Waals surface area contributed by atoms with Crippen molar-refractivity contribution in [2.75, 3.05) is 6.61 Å². The van der Waals surface area contributed by atoms with Gasteiger partial charge in [0, 0.05) is 0 Å². The monoisotopic (exact) mass is 281 g/mol. The molecule has 0 aromatic carbocycles. The number of carbonyl (C=O) groups is 1. The standard InChI is InChI=1S/C10H11N5O5/c11-10-12-3-4(14-15-5(3)9(19)13-10)8-7(18)6(17)2(1-16)20-8/h2,6-8,16-18H,1H2,(H2,11,13,19)/t2-,6-,7-,8+/m1/s1. The summed E-state index contributed by atoms with van der Waals surface area (Å²) in [5, 5.41) is 36.1. The summed E-state index contributed by atoms with van der Waals surface area (Å²) in [7, 11) is 0. The van der Waals surface area contributed by atoms with E-state index in [2.05, 4.69) is 20.2 Å². The maximum Gasteiger partial charge on any atom is 0.303 e. The van der Waals surface area contributed by atoms with Gasteiger partial charge in [-0.05, 0) is 0 Å². The van der Waals surface area contributed by atoms with E-state index in [1.54, 1.807) is 0 Å². The van der Waals surface area contributed by atoms with Crippen LogP contribution in [0.1, 0.15) is 0 Å². The zero-order chi connectivity index (χ0) is 14.4. The van der Waals surface area contributed by atoms with Crippen LogP contribution in [0.5, 0.6) is 0 Å². The lowest BCUT2D eigenvalue weighted by molar-refractivity contribution is -0.111. The molecule has 3 aliphatic heterocycles. The van der Waals surface area contributed by atoms with Gasteiger partial charge >= 0.3 is 5.91 Å². The number of aliphatic imine (C=N–C) groups is 2. The fraction of sp³-hybridized carbons (Fsp3) is 0.500. The molecule has 0 radical (unpaired) electrons. The summed E-state index contributed by atoms with van der Waals surface area (Å²) < 4.78 is 5.31. The number of aliphatic hydroxyl groups is 3. The Hall–Kier alpha value is -2.01. The molecule has 4 atom stereocenters. The quantitative estimate of drug-likeness (QED) is 0.411. The molecule has 0 aromatic heterocycles. The molecule has 1 amide bonds. The van der Waals surface area contributed by atoms with E-state index in [0.29, 0.717) is 0 Å². The molecule has 0 aromatic rings. The van der Waals surface area contributed by atoms with Gasteiger partial charge in [0.05, 0.1) is 6.61 Å². The molecule has 0 bridgehead atoms. The zero-order valence-electron chi connectivity index (χ0n) is 10.0. The Balaban J connectivity index is 1.91. The highest BCUT2D eigenvalue weighted by Gasteiger charge is 2.48. The average Bonchev–Trinajstić information content (AvgIpc) is 2.93. The van der Waals surface area contributed by atoms with Crippen molar-refractivity contribution in [1.29, 1.82) is 0 Å². The molecule has 0 aliphatic carbocycles. The number of nitrogens with two attached hydrogens (primary N) is 1. The molecule has 106 valence electrons. The Labute approximate surface area is 112 Å². The lowest BCUT2D eigenvalue weighted by atomic mass is 9.99. The fourth-order valence-electron chi connectivity index (χ4n) is 2.19. The predicted octanol–water partition coefficient (Wildman–Crippen LogP) is -3.43. The Morgan fingerprint density at radius 1 is 1.15 bits per heavy atom. The third-order valence-electron chi connectivity index (χ3n) is 3.18. The number of hydrogen-bond acceptors (Lipinski definition) is 9. The number of ether oxygens (including phenoxy) is 1. The molecule has 20 heavy (non-hydrogen) atoms. The van der Waals surface area contributed by atoms with Crippen molar-refractivity contribution < 1.29 is 24.9 Å². The van der Waals surface area contributed by atoms with Gasteiger partial charge in [-0.15, -0.1) is 10.2 Å². The first-order chi connectivity index (χ1) is 9.52. The summed E-state index contributed by atoms with van der Waals surface area (Å²) in [5.41, 5.74) is 5.45. The van der Waals surface area contributed by atoms with E-state index in [1.165, 1.54) is 0 Å². The first-order valence-electron chi connectivity index (χ1n) is 5.79. The van der Waals surface area contributed by atoms with E-state index in [1.807, 2.05) is 0 Å². The van der Waals surface area contributed by atoms with E-state index in [4.69, 9.17) is 15.6 Å². The SMILES string of the molecule is NC1=NC(=O)C2=NN=C([C@@H]3O[C@H](CO)[C@@H](O)[C@H]3O)C2=N1. The highest BCUT2D eigenvalue weighted by Crippen LogP contribution is 2.25. The summed E-state index contributed by atoms with van der Waals surface area (Å²) in [4.78, 5) is 18.8. The van der Waals surface area contributed by atoms with Gasteiger partial charge in [0.15, 0.2) is 5.71 Å². The minimum absolute atomic E-state index is 0.0670. The maximum absolute atomic E-state index is 11.6. The molecule has 3 aliphatic rings. The second kappa shape index (κ2) is 4.52. The van der Waals surface area contributed by atoms with Crippen molar-refractivity contribution in [1.82, 2.24) is 0 Å². The Bertz CT molecular complexity index is 595. The Kier molecular flexibility index (Phi) is 2.94. The topological polar surface area (TPSA) is 162 Å². The van der Waals surface area contributed by atoms with Crippen molar-refractivity contribution in [2.45, 2.75) is 24.4 Å². The number of aliphatic hydroxyl groups excluding tert-OH is 3. The molecule has 1 saturated heterocycles. The third-order valence-corrected chi connectivity index (χ3v) is 3.18. The van der Waals surface area contributed by atoms with Crippen molar-refractivity contribution in [3.63, 3.8) is 0 Å². The van der Waals surface area contributed by atoms with Crippen molar-refractivity contribution in [3.05, 3.63) is 0 Å². The van der Waals surface area contributed by atoms with E-state index < -0.39 is 36.9 Å². The lowest BCUT2D eigenvalue weighted by Gasteiger charge is -2.15. The number of rotatable bonds is 2. The highest BCUT2D eigenvalue weighted by molar-refractivity contribution is 6.85. The van der Waals surface area contributed by atoms with E-state index in [0.717, 1.165) is 0 Å². The van der Waals surface area contributed by atoms with Crippen LogP contribution in [0.25, 0.3) is 0 Å². The number of guanidine groups is 1. The second-order valence-electron chi connectivity index (χ2n) is 4.43. The van der Waals surface area contributed by atoms with Crippen LogP contribution in [-0.2, 0) is 9.53 Å². The molecule has 3 heterocycles. The van der Waals surface area contributed by atoms with Crippen LogP contribution in [0.4, 0.5) is 0 Å². The number of amides is 1. The largest absolute Gasteiger partial charge is 0.394 e. The molecule has 1 fully saturated rings. The fourth-order valence-corrected chi connectivity index (χ4v) is 2.19. The first-order valence-corrected chi connectivity index (χ1v) is 5.79. The number of nitrogens with zero attached hydrogens (tertiary/aromatic N) is 4. The summed E-state index contributed by atoms with van der Waals surface area (Å²) in [6.45, 7) is -0.468. The molecular formula is C10H11N5O5. The molecular weight excluding hydrogens is 270 g/mol. The highest BCUT2D eigenvalue weighted by atomic mass is 16.6. The summed E-state index contributed by atoms with van der Waals surface area (Å²) >= 11 is 0. The minimum Gasteiger partial charge on any atom is -0.394 e. The van der Waals surface area contributed by atoms with Gasteiger partial charge in [0.1, 0.15) is 35.8 Å². The molecule has 10 heteroatoms. The van der Waals surface area contributed by atoms with Crippen LogP contribution in [0.3, 0.4) is 0 Å². The molecule has 10 nitrogen and oxygen atoms in total. The predicted molar refractivity (Wildman–Crippen MR) is 66.7 cm³/mol. The van der Waals surface area contributed by atoms with Crippen molar-refractivity contribution in [3.8, 4) is 0 Å². The van der Waals surface area contributed by atoms with Gasteiger partial charge in [0.2, 0.25) is 5.96 Å². The molecule has 5 N–H and O–H groups in total. The number of hydrogen-bond donors (Lipinski definition) is 4. The van der Waals surface area contributed by atoms with Gasteiger partial charge in [0.25, 0.3) is 0 Å². The molecule has 0 spiro atoms. The first kappa shape index (κ1) is 13.0. The maximum atomic E-state index is 11.6. The van der Waals surface area contributed by atoms with E-state index in [9.17, 15) is 15.0 Å². The van der Waals surface area contributed by atoms with Crippen LogP contribution >= 0.6 is 0 Å². The molecule has 3 rings (SSSR count). The zero-order valence-corrected chi connectivity index (χ0v) is 10.0. The minimum atomic E-state index is -1.32. The van der Waals surface area contributed by atoms with E-state index in [-0.39, 0.29) is 23.1 Å². The lowest BCUT2D eigenvalue weighted by Crippen LogP contribution is -2.43. The summed E-state index contributed by atoms with van der Waals surface area (Å²) in [6.07, 6.45) is -4.60. The smallest absolute Gasteiger partial charge is 0.303 e. The number of carbonyl (C=O) groups excluding carboxylic acids is 1. The van der Waals surface area contributed by atoms with Crippen molar-refractivity contribution >= 4 is 29.0 Å². The van der Waals surface area contributed by atoms with Gasteiger partial charge in [-0.3, -0.25) is 4.79 Å². The van der Waals surface area contributed by atoms with Crippen molar-refractivity contribution in [2.24, 2.45) is 25.9 Å². The summed E-state index contributed by atoms with van der Waals surface area (Å²) in [6, 6.07) is 0. The van der Waals surface area contributed by atoms with Gasteiger partial charge in [-0.2, -0.15) is 4.99 Å². The molecule has 0 saturated carbocycles. The molecule has 0 unspecified atom stereocenters. The second-order valence-corrected chi connectivity index (χ2v) is 4.43. The van der Waals surface area contributed by atoms with Crippen LogP contribution < -0.4 is 5.73 Å². The van der Waals surface area contributed by atoms with Crippen LogP contribution in [0, 0.1) is 0 Å². The Morgan fingerprint density at radius 2 is 1.90 bits per heavy atom. The van der Waals surface area contributed by atoms with Crippen LogP contribution in [-0.4, -0.2) is 75.3 Å². The Morgan fingerprint density at radius 3 is 2.55 bits per heavy atom. The third kappa shape index (κ3) is 1.78. The van der Waals surface area contributed by atoms with Crippen LogP contribution in [0.15, 0.2) is 20.2 Å². The van der Waals surface area contributed by atoms with Gasteiger partial charge in [-0.25, -0.2) is 4.99 Å². The van der Waals surface area contributed by atoms with E-state index >= 15 is 0 Å². The number of fused-ring (bicyclic) bond motifs is 1. The van der Waals surface area contributed by atoms with Gasteiger partial charge < -0.3 is 25.8 Å². The average molecular weight is 281 g/mol. The normalized spacial score (nSPS) is 36.2.